The third-order valence-corrected chi connectivity index (χ3v) is 1.70. The number of carboxylic acids is 1. The molecule has 0 aliphatic heterocycles. The number of hydrogen-bond donors (Lipinski definition) is 3. The van der Waals surface area contributed by atoms with Crippen LogP contribution in [0.25, 0.3) is 0 Å². The number of amides is 2. The van der Waals surface area contributed by atoms with E-state index in [2.05, 4.69) is 10.6 Å². The average Bonchev–Trinajstić information content (AvgIpc) is 2.09. The first-order valence-corrected chi connectivity index (χ1v) is 4.95. The van der Waals surface area contributed by atoms with Crippen molar-refractivity contribution in [3.63, 3.8) is 0 Å². The molecular formula is C10H18N2O4. The first kappa shape index (κ1) is 14.4. The van der Waals surface area contributed by atoms with Crippen LogP contribution in [-0.2, 0) is 14.4 Å². The number of carbonyl (C=O) groups excluding carboxylic acids is 2. The Hall–Kier alpha value is -1.59. The van der Waals surface area contributed by atoms with Gasteiger partial charge in [-0.2, -0.15) is 0 Å². The van der Waals surface area contributed by atoms with Crippen LogP contribution in [0.4, 0.5) is 0 Å². The Morgan fingerprint density at radius 2 is 1.75 bits per heavy atom. The minimum absolute atomic E-state index is 0.215. The lowest BCUT2D eigenvalue weighted by atomic mass is 10.1. The fourth-order valence-corrected chi connectivity index (χ4v) is 0.895. The van der Waals surface area contributed by atoms with Crippen LogP contribution in [0.3, 0.4) is 0 Å². The highest BCUT2D eigenvalue weighted by molar-refractivity contribution is 5.97. The van der Waals surface area contributed by atoms with E-state index in [-0.39, 0.29) is 18.0 Å². The average molecular weight is 230 g/mol. The van der Waals surface area contributed by atoms with Crippen molar-refractivity contribution in [2.24, 2.45) is 5.92 Å². The van der Waals surface area contributed by atoms with Gasteiger partial charge >= 0.3 is 5.97 Å². The molecule has 0 radical (unpaired) electrons. The van der Waals surface area contributed by atoms with E-state index in [0.29, 0.717) is 0 Å². The summed E-state index contributed by atoms with van der Waals surface area (Å²) in [6.07, 6.45) is 0. The van der Waals surface area contributed by atoms with E-state index in [1.807, 2.05) is 20.8 Å². The number of carbonyl (C=O) groups is 3. The van der Waals surface area contributed by atoms with Crippen molar-refractivity contribution in [3.05, 3.63) is 0 Å². The predicted octanol–water partition coefficient (Wildman–Crippen LogP) is -0.262. The molecule has 0 bridgehead atoms. The fraction of sp³-hybridized carbons (Fsp3) is 0.700. The summed E-state index contributed by atoms with van der Waals surface area (Å²) in [5.74, 6) is -3.38. The van der Waals surface area contributed by atoms with Gasteiger partial charge in [-0.1, -0.05) is 0 Å². The SMILES string of the molecule is CC(C(=O)O)C(=O)NCC(=O)NC(C)(C)C. The molecular weight excluding hydrogens is 212 g/mol. The molecule has 0 aromatic heterocycles. The highest BCUT2D eigenvalue weighted by Crippen LogP contribution is 1.97. The van der Waals surface area contributed by atoms with Crippen molar-refractivity contribution in [1.82, 2.24) is 10.6 Å². The standard InChI is InChI=1S/C10H18N2O4/c1-6(9(15)16)8(14)11-5-7(13)12-10(2,3)4/h6H,5H2,1-4H3,(H,11,14)(H,12,13)(H,15,16). The van der Waals surface area contributed by atoms with Crippen LogP contribution in [0.15, 0.2) is 0 Å². The maximum absolute atomic E-state index is 11.3. The van der Waals surface area contributed by atoms with Gasteiger partial charge in [-0.25, -0.2) is 0 Å². The quantitative estimate of drug-likeness (QED) is 0.580. The van der Waals surface area contributed by atoms with E-state index >= 15 is 0 Å². The van der Waals surface area contributed by atoms with Gasteiger partial charge in [0, 0.05) is 5.54 Å². The first-order chi connectivity index (χ1) is 7.13. The van der Waals surface area contributed by atoms with Gasteiger partial charge in [-0.3, -0.25) is 14.4 Å². The summed E-state index contributed by atoms with van der Waals surface area (Å²) >= 11 is 0. The molecule has 6 nitrogen and oxygen atoms in total. The molecule has 0 aromatic rings. The Balaban J connectivity index is 4.03. The maximum atomic E-state index is 11.3. The summed E-state index contributed by atoms with van der Waals surface area (Å²) in [5, 5.41) is 13.4. The van der Waals surface area contributed by atoms with E-state index < -0.39 is 17.8 Å². The van der Waals surface area contributed by atoms with E-state index in [1.165, 1.54) is 6.92 Å². The van der Waals surface area contributed by atoms with Gasteiger partial charge in [-0.05, 0) is 27.7 Å². The molecule has 0 saturated heterocycles. The third kappa shape index (κ3) is 6.00. The largest absolute Gasteiger partial charge is 0.481 e. The summed E-state index contributed by atoms with van der Waals surface area (Å²) < 4.78 is 0. The van der Waals surface area contributed by atoms with Crippen LogP contribution in [-0.4, -0.2) is 35.0 Å². The number of carboxylic acid groups (broad SMARTS) is 1. The third-order valence-electron chi connectivity index (χ3n) is 1.70. The molecule has 0 heterocycles. The van der Waals surface area contributed by atoms with Crippen molar-refractivity contribution < 1.29 is 19.5 Å². The number of hydrogen-bond acceptors (Lipinski definition) is 3. The zero-order valence-electron chi connectivity index (χ0n) is 9.96. The van der Waals surface area contributed by atoms with Crippen LogP contribution in [0.1, 0.15) is 27.7 Å². The number of nitrogens with one attached hydrogen (secondary N) is 2. The molecule has 0 aliphatic rings. The van der Waals surface area contributed by atoms with Gasteiger partial charge in [0.25, 0.3) is 0 Å². The molecule has 6 heteroatoms. The Bertz CT molecular complexity index is 294. The van der Waals surface area contributed by atoms with Gasteiger partial charge in [-0.15, -0.1) is 0 Å². The molecule has 0 rings (SSSR count). The van der Waals surface area contributed by atoms with Crippen LogP contribution in [0.2, 0.25) is 0 Å². The zero-order valence-corrected chi connectivity index (χ0v) is 9.96. The number of rotatable bonds is 4. The first-order valence-electron chi connectivity index (χ1n) is 4.95. The van der Waals surface area contributed by atoms with Crippen molar-refractivity contribution in [2.75, 3.05) is 6.54 Å². The van der Waals surface area contributed by atoms with Gasteiger partial charge in [0.05, 0.1) is 6.54 Å². The van der Waals surface area contributed by atoms with Gasteiger partial charge < -0.3 is 15.7 Å². The summed E-state index contributed by atoms with van der Waals surface area (Å²) in [6, 6.07) is 0. The lowest BCUT2D eigenvalue weighted by Crippen LogP contribution is -2.47. The zero-order chi connectivity index (χ0) is 12.9. The molecule has 0 aromatic carbocycles. The Morgan fingerprint density at radius 1 is 1.25 bits per heavy atom. The lowest BCUT2D eigenvalue weighted by Gasteiger charge is -2.20. The fourth-order valence-electron chi connectivity index (χ4n) is 0.895. The molecule has 0 spiro atoms. The second kappa shape index (κ2) is 5.48. The minimum Gasteiger partial charge on any atom is -0.481 e. The van der Waals surface area contributed by atoms with E-state index in [9.17, 15) is 14.4 Å². The van der Waals surface area contributed by atoms with Crippen molar-refractivity contribution in [2.45, 2.75) is 33.2 Å². The molecule has 3 N–H and O–H groups in total. The Morgan fingerprint density at radius 3 is 2.12 bits per heavy atom. The summed E-state index contributed by atoms with van der Waals surface area (Å²) in [5.41, 5.74) is -0.375. The second-order valence-electron chi connectivity index (χ2n) is 4.58. The molecule has 0 aliphatic carbocycles. The lowest BCUT2D eigenvalue weighted by molar-refractivity contribution is -0.146. The van der Waals surface area contributed by atoms with Crippen LogP contribution in [0, 0.1) is 5.92 Å². The van der Waals surface area contributed by atoms with Gasteiger partial charge in [0.2, 0.25) is 11.8 Å². The van der Waals surface area contributed by atoms with E-state index in [4.69, 9.17) is 5.11 Å². The Kier molecular flexibility index (Phi) is 4.94. The predicted molar refractivity (Wildman–Crippen MR) is 57.7 cm³/mol. The van der Waals surface area contributed by atoms with Crippen molar-refractivity contribution >= 4 is 17.8 Å². The van der Waals surface area contributed by atoms with E-state index in [1.54, 1.807) is 0 Å². The second-order valence-corrected chi connectivity index (χ2v) is 4.58. The van der Waals surface area contributed by atoms with Crippen LogP contribution >= 0.6 is 0 Å². The molecule has 92 valence electrons. The molecule has 1 unspecified atom stereocenters. The molecule has 0 saturated carbocycles. The highest BCUT2D eigenvalue weighted by Gasteiger charge is 2.21. The monoisotopic (exact) mass is 230 g/mol. The maximum Gasteiger partial charge on any atom is 0.315 e. The van der Waals surface area contributed by atoms with Gasteiger partial charge in [0.1, 0.15) is 5.92 Å². The molecule has 1 atom stereocenters. The minimum atomic E-state index is -1.21. The smallest absolute Gasteiger partial charge is 0.315 e. The number of aliphatic carboxylic acids is 1. The van der Waals surface area contributed by atoms with Crippen molar-refractivity contribution in [1.29, 1.82) is 0 Å². The Labute approximate surface area is 94.4 Å². The highest BCUT2D eigenvalue weighted by atomic mass is 16.4. The molecule has 2 amide bonds. The molecule has 0 fully saturated rings. The van der Waals surface area contributed by atoms with Gasteiger partial charge in [0.15, 0.2) is 0 Å². The van der Waals surface area contributed by atoms with Crippen molar-refractivity contribution in [3.8, 4) is 0 Å². The molecule has 16 heavy (non-hydrogen) atoms. The van der Waals surface area contributed by atoms with Crippen LogP contribution < -0.4 is 10.6 Å². The normalized spacial score (nSPS) is 12.8. The summed E-state index contributed by atoms with van der Waals surface area (Å²) in [4.78, 5) is 32.9. The van der Waals surface area contributed by atoms with E-state index in [0.717, 1.165) is 0 Å². The van der Waals surface area contributed by atoms with Crippen LogP contribution in [0.5, 0.6) is 0 Å². The summed E-state index contributed by atoms with van der Waals surface area (Å²) in [7, 11) is 0. The summed E-state index contributed by atoms with van der Waals surface area (Å²) in [6.45, 7) is 6.48. The topological polar surface area (TPSA) is 95.5 Å².